The van der Waals surface area contributed by atoms with Gasteiger partial charge in [-0.15, -0.1) is 0 Å². The Morgan fingerprint density at radius 1 is 1.12 bits per heavy atom. The van der Waals surface area contributed by atoms with E-state index in [1.165, 1.54) is 0 Å². The summed E-state index contributed by atoms with van der Waals surface area (Å²) < 4.78 is 11.5. The highest BCUT2D eigenvalue weighted by molar-refractivity contribution is 5.73. The van der Waals surface area contributed by atoms with Gasteiger partial charge in [0, 0.05) is 31.7 Å². The van der Waals surface area contributed by atoms with Crippen molar-refractivity contribution in [1.29, 1.82) is 0 Å². The Kier molecular flexibility index (Phi) is 6.87. The summed E-state index contributed by atoms with van der Waals surface area (Å²) in [6.07, 6.45) is 0.0241. The van der Waals surface area contributed by atoms with Gasteiger partial charge in [0.1, 0.15) is 12.4 Å². The molecule has 138 valence electrons. The van der Waals surface area contributed by atoms with Gasteiger partial charge in [-0.1, -0.05) is 48.5 Å². The monoisotopic (exact) mass is 355 g/mol. The van der Waals surface area contributed by atoms with E-state index < -0.39 is 0 Å². The molecule has 0 bridgehead atoms. The third kappa shape index (κ3) is 5.75. The Balaban J connectivity index is 1.45. The van der Waals surface area contributed by atoms with Gasteiger partial charge < -0.3 is 25.4 Å². The molecule has 1 fully saturated rings. The summed E-state index contributed by atoms with van der Waals surface area (Å²) in [4.78, 5) is 12.0. The van der Waals surface area contributed by atoms with Crippen LogP contribution in [0.25, 0.3) is 0 Å². The number of para-hydroxylation sites is 1. The molecule has 2 aromatic carbocycles. The highest BCUT2D eigenvalue weighted by Crippen LogP contribution is 2.19. The van der Waals surface area contributed by atoms with Crippen molar-refractivity contribution in [1.82, 2.24) is 16.0 Å². The van der Waals surface area contributed by atoms with Crippen molar-refractivity contribution >= 4 is 6.03 Å². The summed E-state index contributed by atoms with van der Waals surface area (Å²) in [5, 5.41) is 8.95. The average Bonchev–Trinajstić information content (AvgIpc) is 2.71. The van der Waals surface area contributed by atoms with Gasteiger partial charge in [0.05, 0.1) is 12.7 Å². The number of carbonyl (C=O) groups is 1. The smallest absolute Gasteiger partial charge is 0.315 e. The molecular weight excluding hydrogens is 330 g/mol. The Morgan fingerprint density at radius 3 is 2.73 bits per heavy atom. The van der Waals surface area contributed by atoms with Crippen molar-refractivity contribution in [3.63, 3.8) is 0 Å². The van der Waals surface area contributed by atoms with Gasteiger partial charge in [-0.05, 0) is 11.6 Å². The van der Waals surface area contributed by atoms with Gasteiger partial charge in [0.15, 0.2) is 0 Å². The van der Waals surface area contributed by atoms with Gasteiger partial charge in [-0.25, -0.2) is 4.79 Å². The first-order valence-corrected chi connectivity index (χ1v) is 8.90. The molecule has 1 atom stereocenters. The summed E-state index contributed by atoms with van der Waals surface area (Å²) in [6, 6.07) is 17.5. The Hall–Kier alpha value is -2.57. The summed E-state index contributed by atoms with van der Waals surface area (Å²) in [5.74, 6) is 0.775. The molecule has 0 radical (unpaired) electrons. The fraction of sp³-hybridized carbons (Fsp3) is 0.350. The number of ether oxygens (including phenoxy) is 2. The fourth-order valence-corrected chi connectivity index (χ4v) is 2.72. The number of carbonyl (C=O) groups excluding carboxylic acids is 1. The topological polar surface area (TPSA) is 71.6 Å². The molecule has 6 heteroatoms. The van der Waals surface area contributed by atoms with Crippen LogP contribution in [0.1, 0.15) is 11.1 Å². The molecule has 2 aromatic rings. The molecule has 2 amide bonds. The lowest BCUT2D eigenvalue weighted by Crippen LogP contribution is -2.47. The molecule has 0 saturated carbocycles. The zero-order chi connectivity index (χ0) is 18.0. The zero-order valence-electron chi connectivity index (χ0n) is 14.7. The van der Waals surface area contributed by atoms with E-state index in [1.54, 1.807) is 0 Å². The standard InChI is InChI=1S/C20H25N3O3/c24-20(23-14-18-13-21-10-11-25-18)22-12-17-8-4-5-9-19(17)26-15-16-6-2-1-3-7-16/h1-9,18,21H,10-15H2,(H2,22,23,24). The van der Waals surface area contributed by atoms with Gasteiger partial charge in [0.25, 0.3) is 0 Å². The molecule has 0 spiro atoms. The summed E-state index contributed by atoms with van der Waals surface area (Å²) in [5.41, 5.74) is 2.04. The maximum Gasteiger partial charge on any atom is 0.315 e. The molecule has 1 unspecified atom stereocenters. The molecule has 1 aliphatic heterocycles. The van der Waals surface area contributed by atoms with Gasteiger partial charge in [-0.3, -0.25) is 0 Å². The lowest BCUT2D eigenvalue weighted by molar-refractivity contribution is 0.0307. The van der Waals surface area contributed by atoms with Crippen LogP contribution < -0.4 is 20.7 Å². The second-order valence-electron chi connectivity index (χ2n) is 6.14. The lowest BCUT2D eigenvalue weighted by Gasteiger charge is -2.23. The molecule has 1 heterocycles. The largest absolute Gasteiger partial charge is 0.489 e. The zero-order valence-corrected chi connectivity index (χ0v) is 14.7. The maximum absolute atomic E-state index is 12.0. The van der Waals surface area contributed by atoms with E-state index in [1.807, 2.05) is 54.6 Å². The third-order valence-electron chi connectivity index (χ3n) is 4.14. The fourth-order valence-electron chi connectivity index (χ4n) is 2.72. The molecular formula is C20H25N3O3. The van der Waals surface area contributed by atoms with Crippen LogP contribution in [0, 0.1) is 0 Å². The third-order valence-corrected chi connectivity index (χ3v) is 4.14. The maximum atomic E-state index is 12.0. The summed E-state index contributed by atoms with van der Waals surface area (Å²) in [7, 11) is 0. The van der Waals surface area contributed by atoms with Crippen molar-refractivity contribution < 1.29 is 14.3 Å². The first kappa shape index (κ1) is 18.2. The second-order valence-corrected chi connectivity index (χ2v) is 6.14. The molecule has 0 aliphatic carbocycles. The van der Waals surface area contributed by atoms with Crippen LogP contribution >= 0.6 is 0 Å². The quantitative estimate of drug-likeness (QED) is 0.711. The number of hydrogen-bond donors (Lipinski definition) is 3. The van der Waals surface area contributed by atoms with E-state index in [-0.39, 0.29) is 12.1 Å². The van der Waals surface area contributed by atoms with Crippen LogP contribution in [0.15, 0.2) is 54.6 Å². The Morgan fingerprint density at radius 2 is 1.92 bits per heavy atom. The molecule has 6 nitrogen and oxygen atoms in total. The molecule has 0 aromatic heterocycles. The number of hydrogen-bond acceptors (Lipinski definition) is 4. The van der Waals surface area contributed by atoms with Crippen molar-refractivity contribution in [3.8, 4) is 5.75 Å². The average molecular weight is 355 g/mol. The van der Waals surface area contributed by atoms with E-state index >= 15 is 0 Å². The SMILES string of the molecule is O=C(NCc1ccccc1OCc1ccccc1)NCC1CNCCO1. The molecule has 1 aliphatic rings. The van der Waals surface area contributed by atoms with E-state index in [0.717, 1.165) is 30.0 Å². The molecule has 26 heavy (non-hydrogen) atoms. The number of urea groups is 1. The van der Waals surface area contributed by atoms with E-state index in [9.17, 15) is 4.79 Å². The van der Waals surface area contributed by atoms with Crippen LogP contribution in [-0.4, -0.2) is 38.4 Å². The molecule has 3 N–H and O–H groups in total. The number of amides is 2. The number of rotatable bonds is 7. The summed E-state index contributed by atoms with van der Waals surface area (Å²) in [6.45, 7) is 3.70. The highest BCUT2D eigenvalue weighted by atomic mass is 16.5. The lowest BCUT2D eigenvalue weighted by atomic mass is 10.2. The van der Waals surface area contributed by atoms with Crippen molar-refractivity contribution in [2.45, 2.75) is 19.3 Å². The molecule has 3 rings (SSSR count). The summed E-state index contributed by atoms with van der Waals surface area (Å²) >= 11 is 0. The van der Waals surface area contributed by atoms with Crippen LogP contribution in [0.2, 0.25) is 0 Å². The first-order valence-electron chi connectivity index (χ1n) is 8.90. The van der Waals surface area contributed by atoms with Crippen molar-refractivity contribution in [3.05, 3.63) is 65.7 Å². The predicted octanol–water partition coefficient (Wildman–Crippen LogP) is 2.05. The van der Waals surface area contributed by atoms with Crippen LogP contribution in [0.3, 0.4) is 0 Å². The van der Waals surface area contributed by atoms with E-state index in [0.29, 0.717) is 26.3 Å². The minimum atomic E-state index is -0.211. The minimum Gasteiger partial charge on any atom is -0.489 e. The van der Waals surface area contributed by atoms with Crippen LogP contribution in [-0.2, 0) is 17.9 Å². The number of benzene rings is 2. The van der Waals surface area contributed by atoms with Crippen molar-refractivity contribution in [2.75, 3.05) is 26.2 Å². The van der Waals surface area contributed by atoms with Gasteiger partial charge in [0.2, 0.25) is 0 Å². The highest BCUT2D eigenvalue weighted by Gasteiger charge is 2.14. The minimum absolute atomic E-state index is 0.0241. The Bertz CT molecular complexity index is 688. The Labute approximate surface area is 153 Å². The van der Waals surface area contributed by atoms with Crippen LogP contribution in [0.4, 0.5) is 4.79 Å². The second kappa shape index (κ2) is 9.79. The normalized spacial score (nSPS) is 16.7. The first-order chi connectivity index (χ1) is 12.8. The van der Waals surface area contributed by atoms with E-state index in [2.05, 4.69) is 16.0 Å². The number of morpholine rings is 1. The van der Waals surface area contributed by atoms with E-state index in [4.69, 9.17) is 9.47 Å². The van der Waals surface area contributed by atoms with Gasteiger partial charge in [-0.2, -0.15) is 0 Å². The van der Waals surface area contributed by atoms with Crippen LogP contribution in [0.5, 0.6) is 5.75 Å². The molecule has 1 saturated heterocycles. The number of nitrogens with one attached hydrogen (secondary N) is 3. The van der Waals surface area contributed by atoms with Gasteiger partial charge >= 0.3 is 6.03 Å². The van der Waals surface area contributed by atoms with Crippen molar-refractivity contribution in [2.24, 2.45) is 0 Å². The predicted molar refractivity (Wildman–Crippen MR) is 100 cm³/mol.